The Balaban J connectivity index is 1.33. The van der Waals surface area contributed by atoms with E-state index in [1.165, 1.54) is 38.2 Å². The van der Waals surface area contributed by atoms with Crippen LogP contribution in [-0.2, 0) is 49.2 Å². The van der Waals surface area contributed by atoms with Crippen LogP contribution in [0.4, 0.5) is 29.7 Å². The van der Waals surface area contributed by atoms with Gasteiger partial charge in [-0.1, -0.05) is 48.5 Å². The van der Waals surface area contributed by atoms with Gasteiger partial charge < -0.3 is 84.1 Å². The summed E-state index contributed by atoms with van der Waals surface area (Å²) in [6.07, 6.45) is -13.5. The van der Waals surface area contributed by atoms with Gasteiger partial charge in [0.05, 0.1) is 48.8 Å². The molecule has 1 aliphatic heterocycles. The number of carbonyl (C=O) groups excluding carboxylic acids is 5. The van der Waals surface area contributed by atoms with Crippen LogP contribution >= 0.6 is 0 Å². The lowest BCUT2D eigenvalue weighted by molar-refractivity contribution is -0.384. The van der Waals surface area contributed by atoms with Gasteiger partial charge in [0.15, 0.2) is 6.29 Å². The Morgan fingerprint density at radius 1 is 0.756 bits per heavy atom. The Morgan fingerprint density at radius 2 is 1.30 bits per heavy atom. The molecule has 82 heavy (non-hydrogen) atoms. The second-order valence-electron chi connectivity index (χ2n) is 23.0. The van der Waals surface area contributed by atoms with Gasteiger partial charge in [0, 0.05) is 25.1 Å². The van der Waals surface area contributed by atoms with Crippen LogP contribution in [0.15, 0.2) is 84.6 Å². The van der Waals surface area contributed by atoms with E-state index in [1.807, 2.05) is 48.5 Å². The summed E-state index contributed by atoms with van der Waals surface area (Å²) in [5.74, 6) is -0.246. The van der Waals surface area contributed by atoms with E-state index in [-0.39, 0.29) is 50.0 Å². The molecule has 5 amide bonds. The molecule has 3 aromatic carbocycles. The Labute approximate surface area is 476 Å². The van der Waals surface area contributed by atoms with Gasteiger partial charge in [-0.25, -0.2) is 24.0 Å². The molecule has 0 unspecified atom stereocenters. The highest BCUT2D eigenvalue weighted by atomic mass is 16.7. The fourth-order valence-corrected chi connectivity index (χ4v) is 9.29. The first-order valence-corrected chi connectivity index (χ1v) is 27.0. The van der Waals surface area contributed by atoms with Crippen LogP contribution in [0.25, 0.3) is 11.1 Å². The van der Waals surface area contributed by atoms with Crippen molar-refractivity contribution in [2.75, 3.05) is 33.4 Å². The monoisotopic (exact) mass is 1150 g/mol. The molecule has 2 aliphatic carbocycles. The van der Waals surface area contributed by atoms with Crippen molar-refractivity contribution in [3.05, 3.63) is 111 Å². The Hall–Kier alpha value is -7.29. The fraction of sp³-hybridized carbons (Fsp3) is 0.561. The van der Waals surface area contributed by atoms with E-state index < -0.39 is 127 Å². The van der Waals surface area contributed by atoms with E-state index in [0.717, 1.165) is 27.2 Å². The highest BCUT2D eigenvalue weighted by Gasteiger charge is 2.51. The second kappa shape index (κ2) is 27.7. The molecule has 0 saturated heterocycles. The third kappa shape index (κ3) is 18.1. The summed E-state index contributed by atoms with van der Waals surface area (Å²) >= 11 is 0. The van der Waals surface area contributed by atoms with Crippen molar-refractivity contribution < 1.29 is 86.8 Å². The molecule has 6 rings (SSSR count). The largest absolute Gasteiger partial charge is 0.465 e. The van der Waals surface area contributed by atoms with E-state index in [4.69, 9.17) is 42.6 Å². The first kappa shape index (κ1) is 63.9. The number of carbonyl (C=O) groups is 5. The average molecular weight is 1150 g/mol. The molecule has 450 valence electrons. The summed E-state index contributed by atoms with van der Waals surface area (Å²) in [7, 11) is 1.38. The Morgan fingerprint density at radius 3 is 1.87 bits per heavy atom. The number of amides is 5. The molecule has 1 heterocycles. The molecule has 1 fully saturated rings. The number of aliphatic hydroxyl groups is 3. The number of ether oxygens (including phenoxy) is 9. The SMILES string of the molecule is C[C@@H]([C@@H](O)[C@H](OCCO)O[C@@H]1[C@@H](O)[C@H](O[C@H]2OC(CNC(=O)OCc3ccc([N+](=O)[O-])cc3)=CC[C@H]2NC(=O)OC(C)(C)C)[C@@H](NC(=O)OC(C)(C)C)C[C@H]1NC(=O)OCC1c2ccccc2-c2ccccc21)N(C)C(=O)OC(C)(C)C. The van der Waals surface area contributed by atoms with Gasteiger partial charge in [0.2, 0.25) is 6.29 Å². The third-order valence-corrected chi connectivity index (χ3v) is 13.2. The summed E-state index contributed by atoms with van der Waals surface area (Å²) in [5, 5.41) is 56.8. The summed E-state index contributed by atoms with van der Waals surface area (Å²) in [5.41, 5.74) is 1.29. The molecule has 0 bridgehead atoms. The van der Waals surface area contributed by atoms with Gasteiger partial charge in [0.25, 0.3) is 5.69 Å². The molecule has 10 atom stereocenters. The number of hydrogen-bond acceptors (Lipinski definition) is 19. The van der Waals surface area contributed by atoms with Crippen LogP contribution in [-0.4, -0.2) is 167 Å². The number of nitrogens with zero attached hydrogens (tertiary/aromatic N) is 2. The van der Waals surface area contributed by atoms with Gasteiger partial charge >= 0.3 is 30.5 Å². The highest BCUT2D eigenvalue weighted by molar-refractivity contribution is 5.79. The van der Waals surface area contributed by atoms with Crippen LogP contribution in [0.1, 0.15) is 105 Å². The summed E-state index contributed by atoms with van der Waals surface area (Å²) in [6, 6.07) is 16.1. The van der Waals surface area contributed by atoms with E-state index in [9.17, 15) is 49.4 Å². The minimum atomic E-state index is -1.94. The fourth-order valence-electron chi connectivity index (χ4n) is 9.29. The van der Waals surface area contributed by atoms with Gasteiger partial charge in [-0.3, -0.25) is 10.1 Å². The minimum absolute atomic E-state index is 0.00996. The first-order valence-electron chi connectivity index (χ1n) is 27.0. The van der Waals surface area contributed by atoms with Gasteiger partial charge in [0.1, 0.15) is 60.2 Å². The molecular weight excluding hydrogens is 1070 g/mol. The molecular formula is C57H78N6O19. The average Bonchev–Trinajstić information content (AvgIpc) is 3.97. The van der Waals surface area contributed by atoms with Crippen LogP contribution in [0.2, 0.25) is 0 Å². The second-order valence-corrected chi connectivity index (χ2v) is 23.0. The van der Waals surface area contributed by atoms with Crippen molar-refractivity contribution in [2.24, 2.45) is 0 Å². The van der Waals surface area contributed by atoms with Crippen molar-refractivity contribution in [3.63, 3.8) is 0 Å². The molecule has 3 aromatic rings. The van der Waals surface area contributed by atoms with E-state index in [1.54, 1.807) is 68.4 Å². The number of rotatable bonds is 20. The molecule has 3 aliphatic rings. The third-order valence-electron chi connectivity index (χ3n) is 13.2. The predicted molar refractivity (Wildman–Crippen MR) is 294 cm³/mol. The summed E-state index contributed by atoms with van der Waals surface area (Å²) in [6.45, 7) is 14.8. The number of non-ortho nitro benzene ring substituents is 1. The molecule has 0 aromatic heterocycles. The summed E-state index contributed by atoms with van der Waals surface area (Å²) in [4.78, 5) is 79.3. The lowest BCUT2D eigenvalue weighted by Gasteiger charge is -2.47. The molecule has 0 spiro atoms. The van der Waals surface area contributed by atoms with E-state index in [0.29, 0.717) is 5.56 Å². The van der Waals surface area contributed by atoms with Gasteiger partial charge in [-0.05, 0) is 128 Å². The molecule has 25 heteroatoms. The number of nitro groups is 1. The Kier molecular flexibility index (Phi) is 21.5. The maximum absolute atomic E-state index is 14.3. The zero-order valence-corrected chi connectivity index (χ0v) is 48.1. The van der Waals surface area contributed by atoms with Crippen LogP contribution < -0.4 is 21.3 Å². The number of aliphatic hydroxyl groups excluding tert-OH is 3. The summed E-state index contributed by atoms with van der Waals surface area (Å²) < 4.78 is 53.4. The Bertz CT molecular complexity index is 2680. The number of likely N-dealkylation sites (N-methyl/N-ethyl adjacent to an activating group) is 1. The standard InChI is InChI=1S/C57H78N6O19/c1-32(62(11)54(71)82-57(8,9)10)44(65)49(74-27-26-64)79-47-42(60-51(68)76-31-40-38-18-14-12-16-36(38)37-17-13-15-19-39(37)40)28-43(61-53(70)81-56(5,6)7)46(45(47)66)78-48-41(59-52(69)80-55(2,3)4)25-24-35(77-48)29-58-50(67)75-30-33-20-22-34(23-21-33)63(72)73/h12-24,32,40-49,64-66H,25-31H2,1-11H3,(H,58,67)(H,59,69)(H,60,68)(H,61,70)/t32-,41+,42+,43-,44+,45-,46+,47-,48+,49+/m0/s1. The number of nitrogens with one attached hydrogen (secondary N) is 4. The van der Waals surface area contributed by atoms with Crippen LogP contribution in [0.5, 0.6) is 0 Å². The smallest absolute Gasteiger partial charge is 0.410 e. The molecule has 0 radical (unpaired) electrons. The topological polar surface area (TPSA) is 324 Å². The van der Waals surface area contributed by atoms with Crippen molar-refractivity contribution in [1.29, 1.82) is 0 Å². The van der Waals surface area contributed by atoms with E-state index in [2.05, 4.69) is 21.3 Å². The maximum Gasteiger partial charge on any atom is 0.410 e. The normalized spacial score (nSPS) is 21.8. The number of nitro benzene ring substituents is 1. The maximum atomic E-state index is 14.3. The van der Waals surface area contributed by atoms with Crippen LogP contribution in [0.3, 0.4) is 0 Å². The van der Waals surface area contributed by atoms with E-state index >= 15 is 0 Å². The zero-order valence-electron chi connectivity index (χ0n) is 48.1. The van der Waals surface area contributed by atoms with Crippen molar-refractivity contribution >= 4 is 36.2 Å². The number of alkyl carbamates (subject to hydrolysis) is 4. The quantitative estimate of drug-likeness (QED) is 0.0270. The van der Waals surface area contributed by atoms with Crippen molar-refractivity contribution in [3.8, 4) is 11.1 Å². The van der Waals surface area contributed by atoms with Gasteiger partial charge in [-0.2, -0.15) is 0 Å². The highest BCUT2D eigenvalue weighted by Crippen LogP contribution is 2.44. The minimum Gasteiger partial charge on any atom is -0.465 e. The molecule has 7 N–H and O–H groups in total. The van der Waals surface area contributed by atoms with Crippen molar-refractivity contribution in [1.82, 2.24) is 26.2 Å². The van der Waals surface area contributed by atoms with Crippen molar-refractivity contribution in [2.45, 2.75) is 173 Å². The number of fused-ring (bicyclic) bond motifs is 3. The number of hydrogen-bond donors (Lipinski definition) is 7. The van der Waals surface area contributed by atoms with Gasteiger partial charge in [-0.15, -0.1) is 0 Å². The predicted octanol–water partition coefficient (Wildman–Crippen LogP) is 6.63. The lowest BCUT2D eigenvalue weighted by atomic mass is 9.83. The number of benzene rings is 3. The molecule has 1 saturated carbocycles. The zero-order chi connectivity index (χ0) is 60.3. The van der Waals surface area contributed by atoms with Crippen LogP contribution in [0, 0.1) is 10.1 Å². The molecule has 25 nitrogen and oxygen atoms in total. The first-order chi connectivity index (χ1) is 38.5. The lowest BCUT2D eigenvalue weighted by Crippen LogP contribution is -2.68.